The molecule has 0 aliphatic rings. The Morgan fingerprint density at radius 2 is 1.69 bits per heavy atom. The van der Waals surface area contributed by atoms with Crippen molar-refractivity contribution in [3.63, 3.8) is 0 Å². The number of hydrogen-bond acceptors (Lipinski definition) is 5. The van der Waals surface area contributed by atoms with E-state index in [9.17, 15) is 9.59 Å². The summed E-state index contributed by atoms with van der Waals surface area (Å²) in [5.41, 5.74) is 2.98. The lowest BCUT2D eigenvalue weighted by atomic mass is 10.1. The van der Waals surface area contributed by atoms with Gasteiger partial charge in [0, 0.05) is 6.54 Å². The van der Waals surface area contributed by atoms with Gasteiger partial charge in [-0.15, -0.1) is 0 Å². The maximum atomic E-state index is 11.8. The van der Waals surface area contributed by atoms with Gasteiger partial charge in [0.2, 0.25) is 0 Å². The molecular weight excluding hydrogens is 334 g/mol. The van der Waals surface area contributed by atoms with Crippen molar-refractivity contribution in [1.29, 1.82) is 0 Å². The summed E-state index contributed by atoms with van der Waals surface area (Å²) >= 11 is 0. The Bertz CT molecular complexity index is 752. The van der Waals surface area contributed by atoms with Gasteiger partial charge in [-0.05, 0) is 54.8 Å². The van der Waals surface area contributed by atoms with E-state index in [2.05, 4.69) is 5.32 Å². The molecule has 0 bridgehead atoms. The Kier molecular flexibility index (Phi) is 7.02. The summed E-state index contributed by atoms with van der Waals surface area (Å²) in [7, 11) is 1.58. The van der Waals surface area contributed by atoms with Gasteiger partial charge in [0.05, 0.1) is 7.11 Å². The summed E-state index contributed by atoms with van der Waals surface area (Å²) in [4.78, 5) is 23.5. The molecule has 138 valence electrons. The lowest BCUT2D eigenvalue weighted by Crippen LogP contribution is -2.29. The molecular formula is C20H23NO5. The van der Waals surface area contributed by atoms with Crippen molar-refractivity contribution in [2.45, 2.75) is 20.4 Å². The normalized spacial score (nSPS) is 10.1. The van der Waals surface area contributed by atoms with E-state index in [1.807, 2.05) is 56.3 Å². The third-order valence-corrected chi connectivity index (χ3v) is 3.54. The summed E-state index contributed by atoms with van der Waals surface area (Å²) in [6.45, 7) is 3.63. The van der Waals surface area contributed by atoms with Crippen LogP contribution in [0.15, 0.2) is 42.5 Å². The van der Waals surface area contributed by atoms with Gasteiger partial charge >= 0.3 is 5.97 Å². The Morgan fingerprint density at radius 1 is 0.962 bits per heavy atom. The molecule has 0 heterocycles. The number of hydrogen-bond donors (Lipinski definition) is 1. The molecule has 0 radical (unpaired) electrons. The summed E-state index contributed by atoms with van der Waals surface area (Å²) in [6.07, 6.45) is 0. The average molecular weight is 357 g/mol. The van der Waals surface area contributed by atoms with Crippen molar-refractivity contribution in [3.05, 3.63) is 59.2 Å². The highest BCUT2D eigenvalue weighted by Crippen LogP contribution is 2.16. The summed E-state index contributed by atoms with van der Waals surface area (Å²) < 4.78 is 15.4. The summed E-state index contributed by atoms with van der Waals surface area (Å²) in [6, 6.07) is 13.0. The Labute approximate surface area is 153 Å². The molecule has 0 spiro atoms. The molecule has 26 heavy (non-hydrogen) atoms. The number of aryl methyl sites for hydroxylation is 2. The third kappa shape index (κ3) is 6.47. The SMILES string of the molecule is COc1cccc(CNC(=O)COC(=O)COc2cc(C)cc(C)c2)c1. The van der Waals surface area contributed by atoms with Crippen molar-refractivity contribution >= 4 is 11.9 Å². The molecule has 0 saturated heterocycles. The van der Waals surface area contributed by atoms with Crippen molar-refractivity contribution in [2.75, 3.05) is 20.3 Å². The molecule has 2 aromatic carbocycles. The van der Waals surface area contributed by atoms with Crippen molar-refractivity contribution < 1.29 is 23.8 Å². The highest BCUT2D eigenvalue weighted by molar-refractivity contribution is 5.80. The predicted molar refractivity (Wildman–Crippen MR) is 97.2 cm³/mol. The second-order valence-electron chi connectivity index (χ2n) is 5.90. The van der Waals surface area contributed by atoms with Gasteiger partial charge in [-0.25, -0.2) is 4.79 Å². The summed E-state index contributed by atoms with van der Waals surface area (Å²) in [5, 5.41) is 2.68. The number of amides is 1. The number of carbonyl (C=O) groups is 2. The van der Waals surface area contributed by atoms with Gasteiger partial charge in [0.15, 0.2) is 13.2 Å². The largest absolute Gasteiger partial charge is 0.497 e. The second-order valence-corrected chi connectivity index (χ2v) is 5.90. The number of carbonyl (C=O) groups excluding carboxylic acids is 2. The van der Waals surface area contributed by atoms with Crippen molar-refractivity contribution in [1.82, 2.24) is 5.32 Å². The van der Waals surface area contributed by atoms with Gasteiger partial charge in [-0.3, -0.25) is 4.79 Å². The maximum absolute atomic E-state index is 11.8. The van der Waals surface area contributed by atoms with Crippen molar-refractivity contribution in [3.8, 4) is 11.5 Å². The van der Waals surface area contributed by atoms with E-state index in [0.29, 0.717) is 18.0 Å². The molecule has 0 unspecified atom stereocenters. The molecule has 0 saturated carbocycles. The first-order valence-electron chi connectivity index (χ1n) is 8.22. The van der Waals surface area contributed by atoms with Gasteiger partial charge in [0.1, 0.15) is 11.5 Å². The number of ether oxygens (including phenoxy) is 3. The zero-order chi connectivity index (χ0) is 18.9. The molecule has 1 amide bonds. The predicted octanol–water partition coefficient (Wildman–Crippen LogP) is 2.55. The molecule has 2 rings (SSSR count). The van der Waals surface area contributed by atoms with Crippen LogP contribution in [0.1, 0.15) is 16.7 Å². The standard InChI is InChI=1S/C20H23NO5/c1-14-7-15(2)9-18(8-14)25-13-20(23)26-12-19(22)21-11-16-5-4-6-17(10-16)24-3/h4-10H,11-13H2,1-3H3,(H,21,22). The van der Waals surface area contributed by atoms with Crippen LogP contribution in [0.2, 0.25) is 0 Å². The van der Waals surface area contributed by atoms with Gasteiger partial charge in [0.25, 0.3) is 5.91 Å². The van der Waals surface area contributed by atoms with Crippen LogP contribution in [0, 0.1) is 13.8 Å². The zero-order valence-corrected chi connectivity index (χ0v) is 15.2. The molecule has 0 aliphatic carbocycles. The molecule has 0 aliphatic heterocycles. The third-order valence-electron chi connectivity index (χ3n) is 3.54. The minimum absolute atomic E-state index is 0.244. The van der Waals surface area contributed by atoms with E-state index in [1.54, 1.807) is 7.11 Å². The minimum Gasteiger partial charge on any atom is -0.497 e. The number of rotatable bonds is 8. The molecule has 0 atom stereocenters. The van der Waals surface area contributed by atoms with Crippen LogP contribution in [0.5, 0.6) is 11.5 Å². The molecule has 0 aromatic heterocycles. The fourth-order valence-electron chi connectivity index (χ4n) is 2.38. The van der Waals surface area contributed by atoms with Gasteiger partial charge in [-0.2, -0.15) is 0 Å². The van der Waals surface area contributed by atoms with Crippen LogP contribution in [-0.4, -0.2) is 32.2 Å². The Balaban J connectivity index is 1.70. The first-order chi connectivity index (χ1) is 12.5. The van der Waals surface area contributed by atoms with Crippen molar-refractivity contribution in [2.24, 2.45) is 0 Å². The Hall–Kier alpha value is -3.02. The fraction of sp³-hybridized carbons (Fsp3) is 0.300. The van der Waals surface area contributed by atoms with Crippen LogP contribution in [0.4, 0.5) is 0 Å². The number of esters is 1. The van der Waals surface area contributed by atoms with Crippen LogP contribution in [-0.2, 0) is 20.9 Å². The second kappa shape index (κ2) is 9.46. The quantitative estimate of drug-likeness (QED) is 0.735. The number of benzene rings is 2. The topological polar surface area (TPSA) is 73.9 Å². The highest BCUT2D eigenvalue weighted by atomic mass is 16.6. The van der Waals surface area contributed by atoms with E-state index in [-0.39, 0.29) is 19.1 Å². The molecule has 1 N–H and O–H groups in total. The van der Waals surface area contributed by atoms with Crippen LogP contribution >= 0.6 is 0 Å². The smallest absolute Gasteiger partial charge is 0.344 e. The molecule has 6 heteroatoms. The average Bonchev–Trinajstić information content (AvgIpc) is 2.62. The first kappa shape index (κ1) is 19.3. The lowest BCUT2D eigenvalue weighted by molar-refractivity contribution is -0.150. The monoisotopic (exact) mass is 357 g/mol. The Morgan fingerprint density at radius 3 is 2.38 bits per heavy atom. The molecule has 2 aromatic rings. The van der Waals surface area contributed by atoms with E-state index in [1.165, 1.54) is 0 Å². The maximum Gasteiger partial charge on any atom is 0.344 e. The fourth-order valence-corrected chi connectivity index (χ4v) is 2.38. The zero-order valence-electron chi connectivity index (χ0n) is 15.2. The lowest BCUT2D eigenvalue weighted by Gasteiger charge is -2.09. The minimum atomic E-state index is -0.597. The van der Waals surface area contributed by atoms with Gasteiger partial charge < -0.3 is 19.5 Å². The first-order valence-corrected chi connectivity index (χ1v) is 8.22. The van der Waals surface area contributed by atoms with Crippen LogP contribution in [0.25, 0.3) is 0 Å². The highest BCUT2D eigenvalue weighted by Gasteiger charge is 2.09. The molecule has 0 fully saturated rings. The van der Waals surface area contributed by atoms with E-state index in [4.69, 9.17) is 14.2 Å². The van der Waals surface area contributed by atoms with E-state index in [0.717, 1.165) is 16.7 Å². The number of nitrogens with one attached hydrogen (secondary N) is 1. The van der Waals surface area contributed by atoms with Crippen LogP contribution < -0.4 is 14.8 Å². The summed E-state index contributed by atoms with van der Waals surface area (Å²) in [5.74, 6) is 0.335. The molecule has 6 nitrogen and oxygen atoms in total. The number of methoxy groups -OCH3 is 1. The van der Waals surface area contributed by atoms with Gasteiger partial charge in [-0.1, -0.05) is 18.2 Å². The van der Waals surface area contributed by atoms with Crippen LogP contribution in [0.3, 0.4) is 0 Å². The van der Waals surface area contributed by atoms with E-state index >= 15 is 0 Å². The van der Waals surface area contributed by atoms with E-state index < -0.39 is 5.97 Å².